The first kappa shape index (κ1) is 18.0. The number of aliphatic hydroxyl groups excluding tert-OH is 1. The van der Waals surface area contributed by atoms with Crippen LogP contribution in [0.2, 0.25) is 0 Å². The molecule has 3 heterocycles. The van der Waals surface area contributed by atoms with Crippen molar-refractivity contribution in [3.63, 3.8) is 0 Å². The zero-order chi connectivity index (χ0) is 18.6. The predicted molar refractivity (Wildman–Crippen MR) is 105 cm³/mol. The molecule has 142 valence electrons. The van der Waals surface area contributed by atoms with E-state index in [0.29, 0.717) is 18.3 Å². The lowest BCUT2D eigenvalue weighted by molar-refractivity contribution is 0.125. The average Bonchev–Trinajstić information content (AvgIpc) is 3.04. The Morgan fingerprint density at radius 2 is 2.22 bits per heavy atom. The fourth-order valence-electron chi connectivity index (χ4n) is 3.97. The number of benzene rings is 1. The summed E-state index contributed by atoms with van der Waals surface area (Å²) in [6.45, 7) is 5.69. The smallest absolute Gasteiger partial charge is 0.138 e. The number of nitrogens with zero attached hydrogens (tertiary/aromatic N) is 2. The minimum atomic E-state index is -0.0914. The van der Waals surface area contributed by atoms with E-state index < -0.39 is 0 Å². The van der Waals surface area contributed by atoms with E-state index in [4.69, 9.17) is 9.15 Å². The molecule has 1 fully saturated rings. The molecule has 5 heteroatoms. The molecule has 1 saturated heterocycles. The van der Waals surface area contributed by atoms with Crippen molar-refractivity contribution in [1.29, 1.82) is 0 Å². The van der Waals surface area contributed by atoms with Gasteiger partial charge in [0.1, 0.15) is 23.7 Å². The van der Waals surface area contributed by atoms with E-state index in [9.17, 15) is 5.11 Å². The van der Waals surface area contributed by atoms with Crippen LogP contribution < -0.4 is 4.74 Å². The molecule has 1 atom stereocenters. The number of hydrogen-bond donors (Lipinski definition) is 1. The van der Waals surface area contributed by atoms with Crippen molar-refractivity contribution < 1.29 is 14.3 Å². The summed E-state index contributed by atoms with van der Waals surface area (Å²) in [6, 6.07) is 9.98. The summed E-state index contributed by atoms with van der Waals surface area (Å²) in [5.74, 6) is 1.97. The van der Waals surface area contributed by atoms with Crippen molar-refractivity contribution in [2.24, 2.45) is 5.92 Å². The number of aromatic nitrogens is 1. The van der Waals surface area contributed by atoms with Gasteiger partial charge in [0, 0.05) is 37.0 Å². The quantitative estimate of drug-likeness (QED) is 0.716. The summed E-state index contributed by atoms with van der Waals surface area (Å²) in [7, 11) is 0. The SMILES string of the molecule is Cc1c(CO)oc2cccc(OCC3CCCN(Cc4cccnc4)C3)c12. The Hall–Kier alpha value is -2.37. The zero-order valence-corrected chi connectivity index (χ0v) is 15.7. The zero-order valence-electron chi connectivity index (χ0n) is 15.7. The second kappa shape index (κ2) is 8.11. The maximum Gasteiger partial charge on any atom is 0.138 e. The molecule has 0 amide bonds. The molecule has 0 bridgehead atoms. The molecule has 27 heavy (non-hydrogen) atoms. The van der Waals surface area contributed by atoms with Gasteiger partial charge in [0.05, 0.1) is 12.0 Å². The minimum absolute atomic E-state index is 0.0914. The second-order valence-corrected chi connectivity index (χ2v) is 7.35. The standard InChI is InChI=1S/C22H26N2O3/c1-16-21(14-25)27-20-8-2-7-19(22(16)20)26-15-18-6-4-10-24(13-18)12-17-5-3-9-23-11-17/h2-3,5,7-9,11,18,25H,4,6,10,12-15H2,1H3. The Bertz CT molecular complexity index is 891. The van der Waals surface area contributed by atoms with E-state index in [1.807, 2.05) is 43.6 Å². The lowest BCUT2D eigenvalue weighted by Gasteiger charge is -2.32. The monoisotopic (exact) mass is 366 g/mol. The van der Waals surface area contributed by atoms with E-state index in [1.54, 1.807) is 0 Å². The fourth-order valence-corrected chi connectivity index (χ4v) is 3.97. The van der Waals surface area contributed by atoms with E-state index in [2.05, 4.69) is 16.0 Å². The number of furan rings is 1. The molecular formula is C22H26N2O3. The lowest BCUT2D eigenvalue weighted by atomic mass is 9.98. The molecule has 5 nitrogen and oxygen atoms in total. The Kier molecular flexibility index (Phi) is 5.41. The van der Waals surface area contributed by atoms with Crippen molar-refractivity contribution in [2.45, 2.75) is 32.9 Å². The van der Waals surface area contributed by atoms with Crippen LogP contribution in [0.5, 0.6) is 5.75 Å². The van der Waals surface area contributed by atoms with Crippen LogP contribution in [0.3, 0.4) is 0 Å². The highest BCUT2D eigenvalue weighted by molar-refractivity contribution is 5.88. The van der Waals surface area contributed by atoms with Crippen LogP contribution in [0.1, 0.15) is 29.7 Å². The first-order chi connectivity index (χ1) is 13.2. The van der Waals surface area contributed by atoms with Gasteiger partial charge < -0.3 is 14.3 Å². The summed E-state index contributed by atoms with van der Waals surface area (Å²) >= 11 is 0. The summed E-state index contributed by atoms with van der Waals surface area (Å²) in [6.07, 6.45) is 6.14. The summed E-state index contributed by atoms with van der Waals surface area (Å²) in [4.78, 5) is 6.70. The highest BCUT2D eigenvalue weighted by atomic mass is 16.5. The summed E-state index contributed by atoms with van der Waals surface area (Å²) in [5, 5.41) is 10.4. The first-order valence-corrected chi connectivity index (χ1v) is 9.60. The van der Waals surface area contributed by atoms with Crippen LogP contribution in [0.4, 0.5) is 0 Å². The van der Waals surface area contributed by atoms with Gasteiger partial charge in [0.25, 0.3) is 0 Å². The predicted octanol–water partition coefficient (Wildman–Crippen LogP) is 3.92. The van der Waals surface area contributed by atoms with Crippen LogP contribution in [-0.4, -0.2) is 34.7 Å². The molecule has 1 aliphatic heterocycles. The Morgan fingerprint density at radius 1 is 1.30 bits per heavy atom. The fraction of sp³-hybridized carbons (Fsp3) is 0.409. The molecule has 2 aromatic heterocycles. The van der Waals surface area contributed by atoms with E-state index in [-0.39, 0.29) is 6.61 Å². The first-order valence-electron chi connectivity index (χ1n) is 9.60. The molecule has 1 unspecified atom stereocenters. The second-order valence-electron chi connectivity index (χ2n) is 7.35. The maximum atomic E-state index is 9.45. The number of ether oxygens (including phenoxy) is 1. The normalized spacial score (nSPS) is 18.1. The van der Waals surface area contributed by atoms with Crippen molar-refractivity contribution >= 4 is 11.0 Å². The molecule has 3 aromatic rings. The molecule has 4 rings (SSSR count). The van der Waals surface area contributed by atoms with Gasteiger partial charge in [-0.05, 0) is 50.1 Å². The summed E-state index contributed by atoms with van der Waals surface area (Å²) < 4.78 is 11.9. The van der Waals surface area contributed by atoms with Gasteiger partial charge in [0.2, 0.25) is 0 Å². The molecular weight excluding hydrogens is 340 g/mol. The number of piperidine rings is 1. The Labute approximate surface area is 159 Å². The number of aryl methyl sites for hydroxylation is 1. The van der Waals surface area contributed by atoms with E-state index >= 15 is 0 Å². The highest BCUT2D eigenvalue weighted by Gasteiger charge is 2.21. The van der Waals surface area contributed by atoms with Crippen molar-refractivity contribution in [3.8, 4) is 5.75 Å². The molecule has 0 spiro atoms. The molecule has 1 N–H and O–H groups in total. The third-order valence-electron chi connectivity index (χ3n) is 5.36. The van der Waals surface area contributed by atoms with Gasteiger partial charge in [-0.2, -0.15) is 0 Å². The number of rotatable bonds is 6. The third-order valence-corrected chi connectivity index (χ3v) is 5.36. The number of aliphatic hydroxyl groups is 1. The van der Waals surface area contributed by atoms with Crippen molar-refractivity contribution in [2.75, 3.05) is 19.7 Å². The number of pyridine rings is 1. The topological polar surface area (TPSA) is 58.7 Å². The van der Waals surface area contributed by atoms with Gasteiger partial charge in [-0.1, -0.05) is 12.1 Å². The Balaban J connectivity index is 1.41. The average molecular weight is 366 g/mol. The third kappa shape index (κ3) is 3.99. The van der Waals surface area contributed by atoms with Gasteiger partial charge in [-0.3, -0.25) is 9.88 Å². The van der Waals surface area contributed by atoms with Gasteiger partial charge in [-0.15, -0.1) is 0 Å². The number of likely N-dealkylation sites (tertiary alicyclic amines) is 1. The maximum absolute atomic E-state index is 9.45. The number of hydrogen-bond acceptors (Lipinski definition) is 5. The van der Waals surface area contributed by atoms with Crippen LogP contribution in [-0.2, 0) is 13.2 Å². The largest absolute Gasteiger partial charge is 0.492 e. The van der Waals surface area contributed by atoms with Crippen LogP contribution >= 0.6 is 0 Å². The highest BCUT2D eigenvalue weighted by Crippen LogP contribution is 2.33. The van der Waals surface area contributed by atoms with Crippen LogP contribution in [0.15, 0.2) is 47.1 Å². The van der Waals surface area contributed by atoms with E-state index in [0.717, 1.165) is 41.9 Å². The molecule has 0 radical (unpaired) electrons. The van der Waals surface area contributed by atoms with E-state index in [1.165, 1.54) is 18.4 Å². The van der Waals surface area contributed by atoms with Crippen molar-refractivity contribution in [1.82, 2.24) is 9.88 Å². The summed E-state index contributed by atoms with van der Waals surface area (Å²) in [5.41, 5.74) is 3.00. The van der Waals surface area contributed by atoms with Gasteiger partial charge in [-0.25, -0.2) is 0 Å². The molecule has 0 aliphatic carbocycles. The minimum Gasteiger partial charge on any atom is -0.492 e. The Morgan fingerprint density at radius 3 is 3.04 bits per heavy atom. The molecule has 1 aromatic carbocycles. The molecule has 0 saturated carbocycles. The lowest BCUT2D eigenvalue weighted by Crippen LogP contribution is -2.37. The number of fused-ring (bicyclic) bond motifs is 1. The van der Waals surface area contributed by atoms with Crippen molar-refractivity contribution in [3.05, 3.63) is 59.6 Å². The van der Waals surface area contributed by atoms with Crippen LogP contribution in [0.25, 0.3) is 11.0 Å². The van der Waals surface area contributed by atoms with Gasteiger partial charge in [0.15, 0.2) is 0 Å². The molecule has 1 aliphatic rings. The van der Waals surface area contributed by atoms with Gasteiger partial charge >= 0.3 is 0 Å². The van der Waals surface area contributed by atoms with Crippen LogP contribution in [0, 0.1) is 12.8 Å².